The molecule has 0 spiro atoms. The zero-order valence-corrected chi connectivity index (χ0v) is 19.4. The van der Waals surface area contributed by atoms with E-state index in [-0.39, 0.29) is 5.91 Å². The van der Waals surface area contributed by atoms with Gasteiger partial charge in [-0.05, 0) is 49.9 Å². The Morgan fingerprint density at radius 3 is 2.52 bits per heavy atom. The van der Waals surface area contributed by atoms with Crippen molar-refractivity contribution in [2.75, 3.05) is 30.8 Å². The van der Waals surface area contributed by atoms with E-state index in [1.807, 2.05) is 31.2 Å². The third-order valence-electron chi connectivity index (χ3n) is 4.83. The fourth-order valence-electron chi connectivity index (χ4n) is 3.42. The summed E-state index contributed by atoms with van der Waals surface area (Å²) in [6, 6.07) is 13.7. The number of carbonyl (C=O) groups is 1. The maximum absolute atomic E-state index is 12.9. The van der Waals surface area contributed by atoms with Crippen molar-refractivity contribution in [3.63, 3.8) is 0 Å². The summed E-state index contributed by atoms with van der Waals surface area (Å²) in [5.41, 5.74) is 1.48. The van der Waals surface area contributed by atoms with Gasteiger partial charge in [0.15, 0.2) is 0 Å². The molecule has 0 bridgehead atoms. The number of nitrogens with one attached hydrogen (secondary N) is 1. The number of hydrogen-bond acceptors (Lipinski definition) is 5. The molecule has 2 aromatic rings. The molecule has 0 aliphatic carbocycles. The van der Waals surface area contributed by atoms with Gasteiger partial charge < -0.3 is 14.8 Å². The van der Waals surface area contributed by atoms with Crippen LogP contribution in [0.15, 0.2) is 48.5 Å². The van der Waals surface area contributed by atoms with Gasteiger partial charge in [-0.25, -0.2) is 8.42 Å². The van der Waals surface area contributed by atoms with Crippen LogP contribution in [0, 0.1) is 0 Å². The van der Waals surface area contributed by atoms with E-state index in [1.54, 1.807) is 31.2 Å². The van der Waals surface area contributed by atoms with E-state index in [2.05, 4.69) is 5.32 Å². The highest BCUT2D eigenvalue weighted by atomic mass is 32.2. The molecule has 0 saturated heterocycles. The Morgan fingerprint density at radius 1 is 1.13 bits per heavy atom. The van der Waals surface area contributed by atoms with Crippen LogP contribution in [0.4, 0.5) is 5.69 Å². The highest BCUT2D eigenvalue weighted by molar-refractivity contribution is 7.92. The molecule has 0 aliphatic heterocycles. The number of rotatable bonds is 12. The van der Waals surface area contributed by atoms with E-state index in [0.29, 0.717) is 37.4 Å². The minimum absolute atomic E-state index is 0.325. The highest BCUT2D eigenvalue weighted by Crippen LogP contribution is 2.26. The lowest BCUT2D eigenvalue weighted by atomic mass is 10.1. The second kappa shape index (κ2) is 11.6. The van der Waals surface area contributed by atoms with Crippen LogP contribution < -0.4 is 19.1 Å². The van der Waals surface area contributed by atoms with Crippen molar-refractivity contribution in [1.82, 2.24) is 5.32 Å². The van der Waals surface area contributed by atoms with Crippen molar-refractivity contribution in [1.29, 1.82) is 0 Å². The molecule has 0 unspecified atom stereocenters. The van der Waals surface area contributed by atoms with Crippen molar-refractivity contribution in [3.8, 4) is 11.5 Å². The first-order chi connectivity index (χ1) is 14.8. The smallest absolute Gasteiger partial charge is 0.243 e. The fraction of sp³-hybridized carbons (Fsp3) is 0.435. The molecule has 0 saturated carbocycles. The number of hydrogen-bond donors (Lipinski definition) is 1. The van der Waals surface area contributed by atoms with Crippen LogP contribution in [0.25, 0.3) is 0 Å². The number of nitrogens with zero attached hydrogens (tertiary/aromatic N) is 1. The second-order valence-corrected chi connectivity index (χ2v) is 8.98. The molecular formula is C23H32N2O5S. The Kier molecular flexibility index (Phi) is 9.18. The van der Waals surface area contributed by atoms with Crippen LogP contribution in [0.2, 0.25) is 0 Å². The zero-order chi connectivity index (χ0) is 22.9. The summed E-state index contributed by atoms with van der Waals surface area (Å²) >= 11 is 0. The number of methoxy groups -OCH3 is 1. The van der Waals surface area contributed by atoms with E-state index in [0.717, 1.165) is 28.3 Å². The third-order valence-corrected chi connectivity index (χ3v) is 6.01. The number of aryl methyl sites for hydroxylation is 1. The molecule has 2 rings (SSSR count). The van der Waals surface area contributed by atoms with Crippen LogP contribution >= 0.6 is 0 Å². The van der Waals surface area contributed by atoms with Crippen LogP contribution in [0.1, 0.15) is 32.3 Å². The zero-order valence-electron chi connectivity index (χ0n) is 18.6. The molecule has 0 aliphatic rings. The van der Waals surface area contributed by atoms with Crippen LogP contribution in [0.5, 0.6) is 11.5 Å². The van der Waals surface area contributed by atoms with Crippen molar-refractivity contribution < 1.29 is 22.7 Å². The lowest BCUT2D eigenvalue weighted by Gasteiger charge is -2.30. The summed E-state index contributed by atoms with van der Waals surface area (Å²) < 4.78 is 37.1. The molecule has 0 aromatic heterocycles. The molecule has 1 amide bonds. The molecule has 0 heterocycles. The number of anilines is 1. The first-order valence-electron chi connectivity index (χ1n) is 10.4. The molecule has 1 N–H and O–H groups in total. The van der Waals surface area contributed by atoms with Gasteiger partial charge in [0.1, 0.15) is 17.5 Å². The summed E-state index contributed by atoms with van der Waals surface area (Å²) in [7, 11) is -2.17. The predicted octanol–water partition coefficient (Wildman–Crippen LogP) is 3.39. The lowest BCUT2D eigenvalue weighted by Crippen LogP contribution is -2.49. The minimum atomic E-state index is -3.68. The normalized spacial score (nSPS) is 12.1. The van der Waals surface area contributed by atoms with Gasteiger partial charge in [0.25, 0.3) is 0 Å². The molecule has 0 radical (unpaired) electrons. The van der Waals surface area contributed by atoms with Gasteiger partial charge in [-0.2, -0.15) is 0 Å². The summed E-state index contributed by atoms with van der Waals surface area (Å²) in [6.45, 7) is 4.77. The molecule has 1 atom stereocenters. The first kappa shape index (κ1) is 24.5. The number of sulfonamides is 1. The molecule has 7 nitrogen and oxygen atoms in total. The lowest BCUT2D eigenvalue weighted by molar-refractivity contribution is -0.122. The Hall–Kier alpha value is -2.74. The topological polar surface area (TPSA) is 84.9 Å². The van der Waals surface area contributed by atoms with Gasteiger partial charge in [-0.15, -0.1) is 0 Å². The molecule has 31 heavy (non-hydrogen) atoms. The monoisotopic (exact) mass is 448 g/mol. The van der Waals surface area contributed by atoms with Gasteiger partial charge in [-0.3, -0.25) is 9.10 Å². The summed E-state index contributed by atoms with van der Waals surface area (Å²) in [4.78, 5) is 12.9. The molecule has 0 fully saturated rings. The number of ether oxygens (including phenoxy) is 2. The van der Waals surface area contributed by atoms with Crippen molar-refractivity contribution in [2.24, 2.45) is 0 Å². The third kappa shape index (κ3) is 6.89. The number of benzene rings is 2. The molecular weight excluding hydrogens is 416 g/mol. The molecule has 170 valence electrons. The average molecular weight is 449 g/mol. The van der Waals surface area contributed by atoms with Crippen LogP contribution in [-0.2, 0) is 21.2 Å². The standard InChI is InChI=1S/C23H32N2O5S/c1-5-21(25(31(4,27)28)19-13-9-14-20(17-19)29-3)23(26)24-16-10-12-18-11-7-8-15-22(18)30-6-2/h7-9,11,13-15,17,21H,5-6,10,12,16H2,1-4H3,(H,24,26)/t21-/m0/s1. The Morgan fingerprint density at radius 2 is 1.87 bits per heavy atom. The van der Waals surface area contributed by atoms with Crippen molar-refractivity contribution in [2.45, 2.75) is 39.2 Å². The number of amides is 1. The molecule has 8 heteroatoms. The summed E-state index contributed by atoms with van der Waals surface area (Å²) in [6.07, 6.45) is 2.90. The average Bonchev–Trinajstić information content (AvgIpc) is 2.75. The Bertz CT molecular complexity index is 962. The summed E-state index contributed by atoms with van der Waals surface area (Å²) in [5, 5.41) is 2.89. The minimum Gasteiger partial charge on any atom is -0.497 e. The van der Waals surface area contributed by atoms with E-state index >= 15 is 0 Å². The largest absolute Gasteiger partial charge is 0.497 e. The van der Waals surface area contributed by atoms with Gasteiger partial charge in [0, 0.05) is 12.6 Å². The Balaban J connectivity index is 2.07. The maximum Gasteiger partial charge on any atom is 0.243 e. The SMILES string of the molecule is CCOc1ccccc1CCCNC(=O)[C@H](CC)N(c1cccc(OC)c1)S(C)(=O)=O. The summed E-state index contributed by atoms with van der Waals surface area (Å²) in [5.74, 6) is 1.05. The van der Waals surface area contributed by atoms with Crippen LogP contribution in [0.3, 0.4) is 0 Å². The maximum atomic E-state index is 12.9. The van der Waals surface area contributed by atoms with E-state index in [9.17, 15) is 13.2 Å². The highest BCUT2D eigenvalue weighted by Gasteiger charge is 2.31. The molecule has 2 aromatic carbocycles. The quantitative estimate of drug-likeness (QED) is 0.503. The fourth-order valence-corrected chi connectivity index (χ4v) is 4.63. The van der Waals surface area contributed by atoms with Gasteiger partial charge >= 0.3 is 0 Å². The van der Waals surface area contributed by atoms with E-state index < -0.39 is 16.1 Å². The van der Waals surface area contributed by atoms with Crippen molar-refractivity contribution in [3.05, 3.63) is 54.1 Å². The second-order valence-electron chi connectivity index (χ2n) is 7.12. The first-order valence-corrected chi connectivity index (χ1v) is 12.3. The number of carbonyl (C=O) groups excluding carboxylic acids is 1. The van der Waals surface area contributed by atoms with Crippen molar-refractivity contribution >= 4 is 21.6 Å². The predicted molar refractivity (Wildman–Crippen MR) is 123 cm³/mol. The van der Waals surface area contributed by atoms with E-state index in [4.69, 9.17) is 9.47 Å². The van der Waals surface area contributed by atoms with Crippen LogP contribution in [-0.4, -0.2) is 46.9 Å². The van der Waals surface area contributed by atoms with Gasteiger partial charge in [0.2, 0.25) is 15.9 Å². The van der Waals surface area contributed by atoms with E-state index in [1.165, 1.54) is 7.11 Å². The Labute approximate surface area is 185 Å². The number of para-hydroxylation sites is 1. The van der Waals surface area contributed by atoms with Gasteiger partial charge in [0.05, 0.1) is 25.7 Å². The van der Waals surface area contributed by atoms with Gasteiger partial charge in [-0.1, -0.05) is 31.2 Å².